The summed E-state index contributed by atoms with van der Waals surface area (Å²) < 4.78 is 0. The van der Waals surface area contributed by atoms with E-state index in [0.29, 0.717) is 6.54 Å². The summed E-state index contributed by atoms with van der Waals surface area (Å²) in [5.74, 6) is 1.73. The molecule has 0 aliphatic rings. The fraction of sp³-hybridized carbons (Fsp3) is 0.750. The Labute approximate surface area is 72.6 Å². The lowest BCUT2D eigenvalue weighted by molar-refractivity contribution is 0.547. The number of nitrogens with two attached hydrogens (primary N) is 1. The van der Waals surface area contributed by atoms with E-state index in [1.54, 1.807) is 0 Å². The highest BCUT2D eigenvalue weighted by Gasteiger charge is 2.18. The van der Waals surface area contributed by atoms with E-state index in [-0.39, 0.29) is 5.41 Å². The van der Waals surface area contributed by atoms with Crippen LogP contribution in [0.3, 0.4) is 0 Å². The third-order valence-corrected chi connectivity index (χ3v) is 1.58. The molecule has 0 bridgehead atoms. The van der Waals surface area contributed by atoms with Crippen LogP contribution < -0.4 is 5.73 Å². The van der Waals surface area contributed by atoms with E-state index in [2.05, 4.69) is 36.0 Å². The molecule has 0 aliphatic carbocycles. The second kappa shape index (κ2) is 3.23. The first kappa shape index (κ1) is 9.19. The molecule has 0 fully saturated rings. The lowest BCUT2D eigenvalue weighted by Gasteiger charge is -2.11. The molecule has 12 heavy (non-hydrogen) atoms. The molecular formula is C8H16N4. The number of hydrogen-bond acceptors (Lipinski definition) is 3. The van der Waals surface area contributed by atoms with Gasteiger partial charge in [0.2, 0.25) is 0 Å². The first-order chi connectivity index (χ1) is 5.54. The quantitative estimate of drug-likeness (QED) is 0.679. The Balaban J connectivity index is 2.77. The number of nitrogens with zero attached hydrogens (tertiary/aromatic N) is 2. The van der Waals surface area contributed by atoms with Crippen molar-refractivity contribution < 1.29 is 0 Å². The molecule has 1 rings (SSSR count). The highest BCUT2D eigenvalue weighted by molar-refractivity contribution is 5.02. The van der Waals surface area contributed by atoms with Crippen molar-refractivity contribution in [2.24, 2.45) is 5.73 Å². The monoisotopic (exact) mass is 168 g/mol. The Kier molecular flexibility index (Phi) is 2.47. The van der Waals surface area contributed by atoms with Gasteiger partial charge in [0.05, 0.1) is 0 Å². The van der Waals surface area contributed by atoms with Crippen LogP contribution in [0, 0.1) is 0 Å². The van der Waals surface area contributed by atoms with E-state index < -0.39 is 0 Å². The molecule has 0 aromatic carbocycles. The topological polar surface area (TPSA) is 67.6 Å². The number of nitrogens with one attached hydrogen (secondary N) is 1. The molecule has 0 amide bonds. The van der Waals surface area contributed by atoms with Crippen LogP contribution in [0.4, 0.5) is 0 Å². The maximum absolute atomic E-state index is 5.39. The van der Waals surface area contributed by atoms with Crippen molar-refractivity contribution in [3.63, 3.8) is 0 Å². The van der Waals surface area contributed by atoms with Crippen LogP contribution in [0.5, 0.6) is 0 Å². The third-order valence-electron chi connectivity index (χ3n) is 1.58. The Morgan fingerprint density at radius 3 is 2.50 bits per heavy atom. The fourth-order valence-electron chi connectivity index (χ4n) is 0.879. The Hall–Kier alpha value is -0.900. The zero-order valence-electron chi connectivity index (χ0n) is 7.89. The van der Waals surface area contributed by atoms with Crippen LogP contribution in [0.15, 0.2) is 0 Å². The van der Waals surface area contributed by atoms with Gasteiger partial charge in [-0.3, -0.25) is 5.10 Å². The van der Waals surface area contributed by atoms with Gasteiger partial charge in [-0.15, -0.1) is 0 Å². The molecule has 0 radical (unpaired) electrons. The minimum absolute atomic E-state index is 0.0172. The van der Waals surface area contributed by atoms with Crippen molar-refractivity contribution in [2.45, 2.75) is 32.6 Å². The summed E-state index contributed by atoms with van der Waals surface area (Å²) in [6.45, 7) is 6.87. The smallest absolute Gasteiger partial charge is 0.155 e. The van der Waals surface area contributed by atoms with Crippen molar-refractivity contribution >= 4 is 0 Å². The van der Waals surface area contributed by atoms with Gasteiger partial charge < -0.3 is 5.73 Å². The Bertz CT molecular complexity index is 246. The largest absolute Gasteiger partial charge is 0.330 e. The highest BCUT2D eigenvalue weighted by atomic mass is 15.2. The second-order valence-corrected chi connectivity index (χ2v) is 3.89. The minimum atomic E-state index is 0.0172. The summed E-state index contributed by atoms with van der Waals surface area (Å²) in [4.78, 5) is 4.32. The van der Waals surface area contributed by atoms with Gasteiger partial charge >= 0.3 is 0 Å². The number of aromatic nitrogens is 3. The molecule has 0 spiro atoms. The first-order valence-corrected chi connectivity index (χ1v) is 4.16. The molecule has 1 aromatic rings. The molecule has 0 atom stereocenters. The summed E-state index contributed by atoms with van der Waals surface area (Å²) in [7, 11) is 0. The van der Waals surface area contributed by atoms with Gasteiger partial charge in [0.15, 0.2) is 5.82 Å². The highest BCUT2D eigenvalue weighted by Crippen LogP contribution is 2.17. The normalized spacial score (nSPS) is 12.0. The zero-order valence-corrected chi connectivity index (χ0v) is 7.89. The van der Waals surface area contributed by atoms with Crippen LogP contribution in [0.2, 0.25) is 0 Å². The summed E-state index contributed by atoms with van der Waals surface area (Å²) in [5, 5.41) is 6.99. The minimum Gasteiger partial charge on any atom is -0.330 e. The van der Waals surface area contributed by atoms with Crippen LogP contribution in [0.1, 0.15) is 32.4 Å². The lowest BCUT2D eigenvalue weighted by atomic mass is 9.96. The van der Waals surface area contributed by atoms with Crippen molar-refractivity contribution in [1.29, 1.82) is 0 Å². The molecule has 4 heteroatoms. The summed E-state index contributed by atoms with van der Waals surface area (Å²) in [6.07, 6.45) is 0.767. The Morgan fingerprint density at radius 2 is 2.08 bits per heavy atom. The molecule has 68 valence electrons. The van der Waals surface area contributed by atoms with E-state index in [0.717, 1.165) is 18.1 Å². The van der Waals surface area contributed by atoms with Crippen molar-refractivity contribution in [2.75, 3.05) is 6.54 Å². The first-order valence-electron chi connectivity index (χ1n) is 4.16. The average molecular weight is 168 g/mol. The van der Waals surface area contributed by atoms with Gasteiger partial charge in [-0.05, 0) is 6.54 Å². The maximum atomic E-state index is 5.39. The summed E-state index contributed by atoms with van der Waals surface area (Å²) >= 11 is 0. The molecule has 4 nitrogen and oxygen atoms in total. The molecular weight excluding hydrogens is 152 g/mol. The molecule has 0 saturated carbocycles. The van der Waals surface area contributed by atoms with Gasteiger partial charge in [-0.2, -0.15) is 5.10 Å². The molecule has 0 unspecified atom stereocenters. The van der Waals surface area contributed by atoms with Crippen molar-refractivity contribution in [1.82, 2.24) is 15.2 Å². The van der Waals surface area contributed by atoms with E-state index in [1.165, 1.54) is 0 Å². The van der Waals surface area contributed by atoms with Gasteiger partial charge in [0.1, 0.15) is 5.82 Å². The van der Waals surface area contributed by atoms with Gasteiger partial charge in [-0.1, -0.05) is 20.8 Å². The van der Waals surface area contributed by atoms with E-state index >= 15 is 0 Å². The summed E-state index contributed by atoms with van der Waals surface area (Å²) in [5.41, 5.74) is 5.41. The van der Waals surface area contributed by atoms with Gasteiger partial charge in [0.25, 0.3) is 0 Å². The predicted octanol–water partition coefficient (Wildman–Crippen LogP) is 0.603. The van der Waals surface area contributed by atoms with Gasteiger partial charge in [0, 0.05) is 11.8 Å². The van der Waals surface area contributed by atoms with Gasteiger partial charge in [-0.25, -0.2) is 4.98 Å². The Morgan fingerprint density at radius 1 is 1.42 bits per heavy atom. The molecule has 3 N–H and O–H groups in total. The number of H-pyrrole nitrogens is 1. The molecule has 0 saturated heterocycles. The number of aromatic amines is 1. The van der Waals surface area contributed by atoms with E-state index in [1.807, 2.05) is 0 Å². The standard InChI is InChI=1S/C8H16N4/c1-8(2,3)7-10-6(4-5-9)11-12-7/h4-5,9H2,1-3H3,(H,10,11,12). The van der Waals surface area contributed by atoms with E-state index in [4.69, 9.17) is 5.73 Å². The van der Waals surface area contributed by atoms with E-state index in [9.17, 15) is 0 Å². The summed E-state index contributed by atoms with van der Waals surface area (Å²) in [6, 6.07) is 0. The van der Waals surface area contributed by atoms with Crippen molar-refractivity contribution in [3.8, 4) is 0 Å². The van der Waals surface area contributed by atoms with Crippen LogP contribution in [-0.4, -0.2) is 21.7 Å². The predicted molar refractivity (Wildman–Crippen MR) is 47.8 cm³/mol. The molecule has 1 aromatic heterocycles. The van der Waals surface area contributed by atoms with Crippen LogP contribution in [-0.2, 0) is 11.8 Å². The lowest BCUT2D eigenvalue weighted by Crippen LogP contribution is -2.13. The molecule has 1 heterocycles. The fourth-order valence-corrected chi connectivity index (χ4v) is 0.879. The molecule has 0 aliphatic heterocycles. The number of hydrogen-bond donors (Lipinski definition) is 2. The zero-order chi connectivity index (χ0) is 9.19. The third kappa shape index (κ3) is 2.04. The van der Waals surface area contributed by atoms with Crippen LogP contribution >= 0.6 is 0 Å². The van der Waals surface area contributed by atoms with Crippen LogP contribution in [0.25, 0.3) is 0 Å². The SMILES string of the molecule is CC(C)(C)c1n[nH]c(CCN)n1. The average Bonchev–Trinajstić information content (AvgIpc) is 2.35. The second-order valence-electron chi connectivity index (χ2n) is 3.89. The van der Waals surface area contributed by atoms with Crippen molar-refractivity contribution in [3.05, 3.63) is 11.6 Å². The maximum Gasteiger partial charge on any atom is 0.155 e. The number of rotatable bonds is 2.